The summed E-state index contributed by atoms with van der Waals surface area (Å²) in [5.74, 6) is 0.582. The summed E-state index contributed by atoms with van der Waals surface area (Å²) in [4.78, 5) is 13.7. The monoisotopic (exact) mass is 347 g/mol. The zero-order valence-electron chi connectivity index (χ0n) is 14.8. The zero-order chi connectivity index (χ0) is 18.0. The van der Waals surface area contributed by atoms with Gasteiger partial charge in [0.15, 0.2) is 6.10 Å². The molecular formula is C17H22BNO6. The summed E-state index contributed by atoms with van der Waals surface area (Å²) in [6, 6.07) is 5.20. The lowest BCUT2D eigenvalue weighted by molar-refractivity contribution is 0.00578. The van der Waals surface area contributed by atoms with E-state index in [1.807, 2.05) is 45.9 Å². The van der Waals surface area contributed by atoms with Gasteiger partial charge in [-0.3, -0.25) is 4.90 Å². The minimum atomic E-state index is -0.566. The van der Waals surface area contributed by atoms with E-state index in [0.717, 1.165) is 5.46 Å². The first-order valence-corrected chi connectivity index (χ1v) is 8.46. The Morgan fingerprint density at radius 2 is 1.92 bits per heavy atom. The molecular weight excluding hydrogens is 325 g/mol. The average molecular weight is 347 g/mol. The lowest BCUT2D eigenvalue weighted by Gasteiger charge is -2.32. The van der Waals surface area contributed by atoms with Gasteiger partial charge in [0.05, 0.1) is 23.5 Å². The third-order valence-corrected chi connectivity index (χ3v) is 5.57. The molecule has 1 aromatic rings. The van der Waals surface area contributed by atoms with Gasteiger partial charge in [-0.2, -0.15) is 0 Å². The fourth-order valence-electron chi connectivity index (χ4n) is 3.33. The number of carbonyl (C=O) groups excluding carboxylic acids is 1. The lowest BCUT2D eigenvalue weighted by Crippen LogP contribution is -2.46. The molecule has 8 heteroatoms. The number of nitrogens with zero attached hydrogens (tertiary/aromatic N) is 1. The van der Waals surface area contributed by atoms with E-state index in [0.29, 0.717) is 11.4 Å². The number of fused-ring (bicyclic) bond motifs is 3. The molecule has 0 bridgehead atoms. The summed E-state index contributed by atoms with van der Waals surface area (Å²) < 4.78 is 23.2. The summed E-state index contributed by atoms with van der Waals surface area (Å²) in [6.07, 6.45) is -1.03. The number of rotatable bonds is 2. The van der Waals surface area contributed by atoms with Crippen molar-refractivity contribution in [3.05, 3.63) is 18.2 Å². The SMILES string of the molecule is CC1(C)OB(c2ccc3c(c2)OCC2C(CO)OC(=O)N32)OC1(C)C. The summed E-state index contributed by atoms with van der Waals surface area (Å²) >= 11 is 0. The smallest absolute Gasteiger partial charge is 0.489 e. The van der Waals surface area contributed by atoms with Gasteiger partial charge in [-0.25, -0.2) is 4.79 Å². The molecule has 2 fully saturated rings. The predicted molar refractivity (Wildman–Crippen MR) is 91.3 cm³/mol. The van der Waals surface area contributed by atoms with Crippen molar-refractivity contribution in [2.45, 2.75) is 51.0 Å². The van der Waals surface area contributed by atoms with Crippen LogP contribution in [0.15, 0.2) is 18.2 Å². The molecule has 134 valence electrons. The Morgan fingerprint density at radius 3 is 2.56 bits per heavy atom. The van der Waals surface area contributed by atoms with Gasteiger partial charge in [-0.1, -0.05) is 6.07 Å². The summed E-state index contributed by atoms with van der Waals surface area (Å²) in [6.45, 7) is 8.06. The number of hydrogen-bond donors (Lipinski definition) is 1. The van der Waals surface area contributed by atoms with Crippen LogP contribution >= 0.6 is 0 Å². The molecule has 1 amide bonds. The number of anilines is 1. The maximum Gasteiger partial charge on any atom is 0.494 e. The predicted octanol–water partition coefficient (Wildman–Crippen LogP) is 1.06. The molecule has 0 spiro atoms. The summed E-state index contributed by atoms with van der Waals surface area (Å²) in [5, 5.41) is 9.36. The van der Waals surface area contributed by atoms with Crippen molar-refractivity contribution in [1.82, 2.24) is 0 Å². The largest absolute Gasteiger partial charge is 0.494 e. The van der Waals surface area contributed by atoms with E-state index < -0.39 is 30.5 Å². The number of amides is 1. The van der Waals surface area contributed by atoms with E-state index in [1.54, 1.807) is 4.90 Å². The van der Waals surface area contributed by atoms with Crippen LogP contribution in [-0.4, -0.2) is 54.9 Å². The first kappa shape index (κ1) is 16.7. The summed E-state index contributed by atoms with van der Waals surface area (Å²) in [7, 11) is -0.493. The molecule has 0 aromatic heterocycles. The average Bonchev–Trinajstić information content (AvgIpc) is 3.00. The molecule has 2 saturated heterocycles. The van der Waals surface area contributed by atoms with E-state index in [2.05, 4.69) is 0 Å². The van der Waals surface area contributed by atoms with Crippen LogP contribution < -0.4 is 15.1 Å². The lowest BCUT2D eigenvalue weighted by atomic mass is 9.78. The molecule has 3 aliphatic rings. The molecule has 4 rings (SSSR count). The number of aliphatic hydroxyl groups is 1. The van der Waals surface area contributed by atoms with Gasteiger partial charge >= 0.3 is 13.2 Å². The fraction of sp³-hybridized carbons (Fsp3) is 0.588. The van der Waals surface area contributed by atoms with Gasteiger partial charge in [-0.15, -0.1) is 0 Å². The molecule has 2 atom stereocenters. The van der Waals surface area contributed by atoms with Gasteiger partial charge in [0.25, 0.3) is 0 Å². The number of cyclic esters (lactones) is 1. The maximum absolute atomic E-state index is 12.1. The molecule has 0 saturated carbocycles. The number of ether oxygens (including phenoxy) is 2. The molecule has 0 aliphatic carbocycles. The van der Waals surface area contributed by atoms with Crippen LogP contribution in [-0.2, 0) is 14.0 Å². The van der Waals surface area contributed by atoms with Crippen LogP contribution in [0.4, 0.5) is 10.5 Å². The third kappa shape index (κ3) is 2.43. The van der Waals surface area contributed by atoms with Crippen molar-refractivity contribution in [2.24, 2.45) is 0 Å². The second-order valence-electron chi connectivity index (χ2n) is 7.67. The van der Waals surface area contributed by atoms with Crippen molar-refractivity contribution < 1.29 is 28.7 Å². The van der Waals surface area contributed by atoms with Gasteiger partial charge in [0.2, 0.25) is 0 Å². The highest BCUT2D eigenvalue weighted by molar-refractivity contribution is 6.62. The molecule has 2 unspecified atom stereocenters. The minimum Gasteiger partial charge on any atom is -0.489 e. The van der Waals surface area contributed by atoms with E-state index in [-0.39, 0.29) is 19.3 Å². The second kappa shape index (κ2) is 5.36. The first-order valence-electron chi connectivity index (χ1n) is 8.46. The Bertz CT molecular complexity index is 705. The normalized spacial score (nSPS) is 29.1. The number of hydrogen-bond acceptors (Lipinski definition) is 6. The van der Waals surface area contributed by atoms with E-state index in [4.69, 9.17) is 18.8 Å². The molecule has 0 radical (unpaired) electrons. The quantitative estimate of drug-likeness (QED) is 0.807. The first-order chi connectivity index (χ1) is 11.7. The van der Waals surface area contributed by atoms with Crippen LogP contribution in [0, 0.1) is 0 Å². The van der Waals surface area contributed by atoms with Crippen molar-refractivity contribution >= 4 is 24.4 Å². The van der Waals surface area contributed by atoms with Gasteiger partial charge in [-0.05, 0) is 45.3 Å². The molecule has 7 nitrogen and oxygen atoms in total. The van der Waals surface area contributed by atoms with Gasteiger partial charge in [0.1, 0.15) is 18.4 Å². The Kier molecular flexibility index (Phi) is 3.58. The van der Waals surface area contributed by atoms with Crippen LogP contribution in [0.2, 0.25) is 0 Å². The highest BCUT2D eigenvalue weighted by Crippen LogP contribution is 2.40. The second-order valence-corrected chi connectivity index (χ2v) is 7.67. The topological polar surface area (TPSA) is 77.5 Å². The maximum atomic E-state index is 12.1. The molecule has 3 heterocycles. The molecule has 1 N–H and O–H groups in total. The Morgan fingerprint density at radius 1 is 1.24 bits per heavy atom. The van der Waals surface area contributed by atoms with E-state index >= 15 is 0 Å². The highest BCUT2D eigenvalue weighted by atomic mass is 16.7. The van der Waals surface area contributed by atoms with E-state index in [1.165, 1.54) is 0 Å². The van der Waals surface area contributed by atoms with Gasteiger partial charge < -0.3 is 23.9 Å². The number of benzene rings is 1. The van der Waals surface area contributed by atoms with Crippen LogP contribution in [0.25, 0.3) is 0 Å². The van der Waals surface area contributed by atoms with E-state index in [9.17, 15) is 9.90 Å². The van der Waals surface area contributed by atoms with Crippen molar-refractivity contribution in [3.63, 3.8) is 0 Å². The standard InChI is InChI=1S/C17H22BNO6/c1-16(2)17(3,4)25-18(24-16)10-5-6-11-13(7-10)22-9-12-14(8-20)23-15(21)19(11)12/h5-7,12,14,20H,8-9H2,1-4H3. The number of aliphatic hydroxyl groups excluding tert-OH is 1. The minimum absolute atomic E-state index is 0.225. The van der Waals surface area contributed by atoms with Crippen molar-refractivity contribution in [2.75, 3.05) is 18.1 Å². The molecule has 1 aromatic carbocycles. The van der Waals surface area contributed by atoms with Crippen molar-refractivity contribution in [3.8, 4) is 5.75 Å². The summed E-state index contributed by atoms with van der Waals surface area (Å²) in [5.41, 5.74) is 0.624. The Hall–Kier alpha value is -1.77. The fourth-order valence-corrected chi connectivity index (χ4v) is 3.33. The Labute approximate surface area is 146 Å². The zero-order valence-corrected chi connectivity index (χ0v) is 14.8. The van der Waals surface area contributed by atoms with Crippen molar-refractivity contribution in [1.29, 1.82) is 0 Å². The third-order valence-electron chi connectivity index (χ3n) is 5.57. The highest BCUT2D eigenvalue weighted by Gasteiger charge is 2.52. The molecule has 3 aliphatic heterocycles. The van der Waals surface area contributed by atoms with Crippen LogP contribution in [0.1, 0.15) is 27.7 Å². The Balaban J connectivity index is 1.64. The van der Waals surface area contributed by atoms with Crippen LogP contribution in [0.3, 0.4) is 0 Å². The number of carbonyl (C=O) groups is 1. The van der Waals surface area contributed by atoms with Gasteiger partial charge in [0, 0.05) is 0 Å². The molecule has 25 heavy (non-hydrogen) atoms. The van der Waals surface area contributed by atoms with Crippen LogP contribution in [0.5, 0.6) is 5.75 Å².